The fourth-order valence-corrected chi connectivity index (χ4v) is 3.96. The molecule has 0 unspecified atom stereocenters. The Bertz CT molecular complexity index is 1200. The van der Waals surface area contributed by atoms with Crippen molar-refractivity contribution < 1.29 is 13.5 Å². The van der Waals surface area contributed by atoms with Gasteiger partial charge in [0.2, 0.25) is 4.80 Å². The SMILES string of the molecule is C=C(C)CN=c1scc(-c2ccc(OC(F)F)cc2)n1/N=C(/C)c1ccc(C(C)(C)C)cc1. The zero-order valence-corrected chi connectivity index (χ0v) is 20.4. The van der Waals surface area contributed by atoms with E-state index in [-0.39, 0.29) is 11.2 Å². The Kier molecular flexibility index (Phi) is 7.64. The van der Waals surface area contributed by atoms with Crippen molar-refractivity contribution >= 4 is 17.0 Å². The highest BCUT2D eigenvalue weighted by molar-refractivity contribution is 7.07. The van der Waals surface area contributed by atoms with Gasteiger partial charge in [-0.25, -0.2) is 4.68 Å². The lowest BCUT2D eigenvalue weighted by atomic mass is 9.86. The second-order valence-electron chi connectivity index (χ2n) is 8.90. The molecule has 1 aromatic heterocycles. The summed E-state index contributed by atoms with van der Waals surface area (Å²) in [4.78, 5) is 5.38. The minimum atomic E-state index is -2.86. The van der Waals surface area contributed by atoms with Crippen LogP contribution in [0.5, 0.6) is 5.75 Å². The average Bonchev–Trinajstić information content (AvgIpc) is 3.14. The summed E-state index contributed by atoms with van der Waals surface area (Å²) in [5, 5.41) is 6.83. The quantitative estimate of drug-likeness (QED) is 0.275. The Labute approximate surface area is 197 Å². The predicted molar refractivity (Wildman–Crippen MR) is 132 cm³/mol. The van der Waals surface area contributed by atoms with Gasteiger partial charge >= 0.3 is 6.61 Å². The molecule has 0 aliphatic rings. The van der Waals surface area contributed by atoms with E-state index in [0.717, 1.165) is 32.9 Å². The molecule has 0 spiro atoms. The van der Waals surface area contributed by atoms with E-state index in [1.807, 2.05) is 19.2 Å². The monoisotopic (exact) mass is 469 g/mol. The molecule has 2 aromatic carbocycles. The van der Waals surface area contributed by atoms with Gasteiger partial charge in [0.1, 0.15) is 5.75 Å². The minimum absolute atomic E-state index is 0.0770. The molecule has 0 saturated heterocycles. The number of hydrogen-bond acceptors (Lipinski definition) is 4. The van der Waals surface area contributed by atoms with Crippen LogP contribution in [0.4, 0.5) is 8.78 Å². The molecule has 4 nitrogen and oxygen atoms in total. The van der Waals surface area contributed by atoms with E-state index in [1.54, 1.807) is 16.8 Å². The van der Waals surface area contributed by atoms with E-state index in [9.17, 15) is 8.78 Å². The molecule has 0 radical (unpaired) electrons. The Morgan fingerprint density at radius 3 is 2.24 bits per heavy atom. The van der Waals surface area contributed by atoms with Gasteiger partial charge in [0.15, 0.2) is 0 Å². The maximum atomic E-state index is 12.5. The molecule has 33 heavy (non-hydrogen) atoms. The van der Waals surface area contributed by atoms with Crippen LogP contribution in [0.25, 0.3) is 11.3 Å². The van der Waals surface area contributed by atoms with Crippen molar-refractivity contribution in [3.63, 3.8) is 0 Å². The summed E-state index contributed by atoms with van der Waals surface area (Å²) in [5.41, 5.74) is 5.77. The standard InChI is InChI=1S/C26H29F2N3OS/c1-17(2)15-29-25-31(30-18(3)19-7-11-21(12-8-19)26(4,5)6)23(16-33-25)20-9-13-22(14-10-20)32-24(27)28/h7-14,16,24H,1,15H2,2-6H3/b29-25?,30-18-. The lowest BCUT2D eigenvalue weighted by Crippen LogP contribution is -2.15. The lowest BCUT2D eigenvalue weighted by Gasteiger charge is -2.19. The van der Waals surface area contributed by atoms with Crippen LogP contribution in [0.1, 0.15) is 45.7 Å². The van der Waals surface area contributed by atoms with Gasteiger partial charge < -0.3 is 4.74 Å². The Morgan fingerprint density at radius 1 is 1.06 bits per heavy atom. The third-order valence-corrected chi connectivity index (χ3v) is 5.82. The van der Waals surface area contributed by atoms with Crippen molar-refractivity contribution in [3.8, 4) is 17.0 Å². The molecule has 174 valence electrons. The van der Waals surface area contributed by atoms with Gasteiger partial charge in [-0.15, -0.1) is 11.3 Å². The first-order valence-corrected chi connectivity index (χ1v) is 11.5. The summed E-state index contributed by atoms with van der Waals surface area (Å²) in [6.07, 6.45) is 0. The third kappa shape index (κ3) is 6.48. The first-order valence-electron chi connectivity index (χ1n) is 10.6. The highest BCUT2D eigenvalue weighted by Gasteiger charge is 2.14. The van der Waals surface area contributed by atoms with Gasteiger partial charge in [-0.1, -0.05) is 57.2 Å². The number of alkyl halides is 2. The molecule has 0 N–H and O–H groups in total. The molecule has 0 saturated carbocycles. The van der Waals surface area contributed by atoms with E-state index in [0.29, 0.717) is 6.54 Å². The molecule has 3 rings (SSSR count). The second-order valence-corrected chi connectivity index (χ2v) is 9.74. The first kappa shape index (κ1) is 24.6. The zero-order chi connectivity index (χ0) is 24.2. The van der Waals surface area contributed by atoms with Crippen molar-refractivity contribution in [1.82, 2.24) is 4.68 Å². The van der Waals surface area contributed by atoms with Gasteiger partial charge in [0.05, 0.1) is 18.0 Å². The first-order chi connectivity index (χ1) is 15.5. The number of hydrogen-bond donors (Lipinski definition) is 0. The van der Waals surface area contributed by atoms with Crippen LogP contribution in [-0.4, -0.2) is 23.5 Å². The fraction of sp³-hybridized carbons (Fsp3) is 0.308. The summed E-state index contributed by atoms with van der Waals surface area (Å²) < 4.78 is 31.3. The molecule has 0 aliphatic heterocycles. The number of halogens is 2. The van der Waals surface area contributed by atoms with E-state index in [4.69, 9.17) is 5.10 Å². The topological polar surface area (TPSA) is 38.9 Å². The third-order valence-electron chi connectivity index (χ3n) is 4.96. The molecular formula is C26H29F2N3OS. The number of benzene rings is 2. The van der Waals surface area contributed by atoms with Crippen LogP contribution >= 0.6 is 11.3 Å². The molecule has 0 aliphatic carbocycles. The van der Waals surface area contributed by atoms with Crippen LogP contribution in [-0.2, 0) is 5.41 Å². The number of ether oxygens (including phenoxy) is 1. The fourth-order valence-electron chi connectivity index (χ4n) is 3.13. The Hall–Kier alpha value is -3.06. The molecule has 1 heterocycles. The second kappa shape index (κ2) is 10.3. The summed E-state index contributed by atoms with van der Waals surface area (Å²) >= 11 is 1.47. The molecular weight excluding hydrogens is 440 g/mol. The van der Waals surface area contributed by atoms with Gasteiger partial charge in [0.25, 0.3) is 0 Å². The van der Waals surface area contributed by atoms with E-state index < -0.39 is 6.61 Å². The summed E-state index contributed by atoms with van der Waals surface area (Å²) in [6, 6.07) is 14.9. The van der Waals surface area contributed by atoms with E-state index >= 15 is 0 Å². The Morgan fingerprint density at radius 2 is 1.70 bits per heavy atom. The number of thiazole rings is 1. The van der Waals surface area contributed by atoms with Gasteiger partial charge in [-0.05, 0) is 54.7 Å². The summed E-state index contributed by atoms with van der Waals surface area (Å²) in [7, 11) is 0. The van der Waals surface area contributed by atoms with Crippen LogP contribution in [0.15, 0.2) is 76.2 Å². The highest BCUT2D eigenvalue weighted by Crippen LogP contribution is 2.25. The Balaban J connectivity index is 2.04. The summed E-state index contributed by atoms with van der Waals surface area (Å²) in [5.74, 6) is 0.112. The molecule has 0 fully saturated rings. The number of rotatable bonds is 7. The van der Waals surface area contributed by atoms with Crippen LogP contribution in [0.2, 0.25) is 0 Å². The van der Waals surface area contributed by atoms with Gasteiger partial charge in [0, 0.05) is 10.9 Å². The molecule has 7 heteroatoms. The molecule has 0 amide bonds. The minimum Gasteiger partial charge on any atom is -0.435 e. The number of nitrogens with zero attached hydrogens (tertiary/aromatic N) is 3. The van der Waals surface area contributed by atoms with Gasteiger partial charge in [-0.2, -0.15) is 13.9 Å². The predicted octanol–water partition coefficient (Wildman–Crippen LogP) is 6.86. The van der Waals surface area contributed by atoms with E-state index in [2.05, 4.69) is 61.3 Å². The lowest BCUT2D eigenvalue weighted by molar-refractivity contribution is -0.0498. The maximum absolute atomic E-state index is 12.5. The van der Waals surface area contributed by atoms with E-state index in [1.165, 1.54) is 29.0 Å². The van der Waals surface area contributed by atoms with Crippen molar-refractivity contribution in [2.24, 2.45) is 10.1 Å². The van der Waals surface area contributed by atoms with Crippen molar-refractivity contribution in [2.75, 3.05) is 6.54 Å². The van der Waals surface area contributed by atoms with Crippen LogP contribution in [0.3, 0.4) is 0 Å². The summed E-state index contributed by atoms with van der Waals surface area (Å²) in [6.45, 7) is 12.0. The van der Waals surface area contributed by atoms with Crippen molar-refractivity contribution in [3.05, 3.63) is 82.0 Å². The van der Waals surface area contributed by atoms with Crippen molar-refractivity contribution in [2.45, 2.75) is 46.6 Å². The van der Waals surface area contributed by atoms with Gasteiger partial charge in [-0.3, -0.25) is 4.99 Å². The van der Waals surface area contributed by atoms with Crippen LogP contribution < -0.4 is 9.54 Å². The van der Waals surface area contributed by atoms with Crippen LogP contribution in [0, 0.1) is 0 Å². The smallest absolute Gasteiger partial charge is 0.387 e. The molecule has 0 atom stereocenters. The maximum Gasteiger partial charge on any atom is 0.387 e. The average molecular weight is 470 g/mol. The zero-order valence-electron chi connectivity index (χ0n) is 19.6. The highest BCUT2D eigenvalue weighted by atomic mass is 32.1. The normalized spacial score (nSPS) is 13.0. The number of aromatic nitrogens is 1. The molecule has 0 bridgehead atoms. The largest absolute Gasteiger partial charge is 0.435 e. The van der Waals surface area contributed by atoms with Crippen molar-refractivity contribution in [1.29, 1.82) is 0 Å². The molecule has 3 aromatic rings.